The predicted molar refractivity (Wildman–Crippen MR) is 149 cm³/mol. The molecule has 8 bridgehead atoms. The van der Waals surface area contributed by atoms with Gasteiger partial charge in [0.15, 0.2) is 0 Å². The fourth-order valence-electron chi connectivity index (χ4n) is 11.8. The van der Waals surface area contributed by atoms with Crippen molar-refractivity contribution >= 4 is 10.8 Å². The topological polar surface area (TPSA) is 58.9 Å². The van der Waals surface area contributed by atoms with Crippen molar-refractivity contribution < 1.29 is 19.7 Å². The highest BCUT2D eigenvalue weighted by Gasteiger charge is 2.55. The first-order valence-corrected chi connectivity index (χ1v) is 15.7. The van der Waals surface area contributed by atoms with E-state index in [0.717, 1.165) is 47.0 Å². The fourth-order valence-corrected chi connectivity index (χ4v) is 11.8. The summed E-state index contributed by atoms with van der Waals surface area (Å²) in [6.07, 6.45) is 16.5. The first-order valence-electron chi connectivity index (χ1n) is 15.7. The van der Waals surface area contributed by atoms with E-state index in [0.29, 0.717) is 13.2 Å². The largest absolute Gasteiger partial charge is 0.491 e. The molecule has 2 N–H and O–H groups in total. The van der Waals surface area contributed by atoms with Crippen LogP contribution in [0.1, 0.15) is 88.2 Å². The number of fused-ring (bicyclic) bond motifs is 1. The summed E-state index contributed by atoms with van der Waals surface area (Å²) in [6, 6.07) is 9.05. The number of benzene rings is 2. The Bertz CT molecular complexity index is 1160. The Morgan fingerprint density at radius 1 is 0.579 bits per heavy atom. The average Bonchev–Trinajstić information content (AvgIpc) is 2.88. The van der Waals surface area contributed by atoms with Crippen molar-refractivity contribution in [2.24, 2.45) is 35.5 Å². The van der Waals surface area contributed by atoms with Crippen LogP contribution in [0.4, 0.5) is 0 Å². The molecular weight excluding hydrogens is 472 g/mol. The highest BCUT2D eigenvalue weighted by atomic mass is 16.5. The van der Waals surface area contributed by atoms with E-state index in [-0.39, 0.29) is 24.0 Å². The lowest BCUT2D eigenvalue weighted by atomic mass is 9.46. The summed E-state index contributed by atoms with van der Waals surface area (Å²) in [4.78, 5) is 0. The minimum absolute atomic E-state index is 0.0255. The SMILES string of the molecule is OCCOc1ccc2c(OCCO)ccc(C34CC5CC(CC(C5)C3)C4)c2c1C12CC3CC(CC(C3)C1)C2. The van der Waals surface area contributed by atoms with Crippen LogP contribution in [0.15, 0.2) is 24.3 Å². The Hall–Kier alpha value is -1.78. The number of rotatable bonds is 8. The lowest BCUT2D eigenvalue weighted by Gasteiger charge is -2.59. The average molecular weight is 517 g/mol. The van der Waals surface area contributed by atoms with Gasteiger partial charge in [0, 0.05) is 16.4 Å². The van der Waals surface area contributed by atoms with Gasteiger partial charge in [0.05, 0.1) is 13.2 Å². The molecule has 0 aromatic heterocycles. The molecule has 8 saturated carbocycles. The van der Waals surface area contributed by atoms with Gasteiger partial charge in [0.1, 0.15) is 24.7 Å². The van der Waals surface area contributed by atoms with E-state index in [2.05, 4.69) is 24.3 Å². The van der Waals surface area contributed by atoms with E-state index in [1.165, 1.54) is 93.4 Å². The molecule has 0 heterocycles. The standard InChI is InChI=1S/C34H44O4/c35-5-7-37-29-4-2-28(33-15-21-9-22(16-33)11-23(10-21)17-33)31-27(29)1-3-30(38-8-6-36)32(31)34-18-24-12-25(19-34)14-26(13-24)20-34/h1-4,21-26,35-36H,5-20H2. The third-order valence-corrected chi connectivity index (χ3v) is 12.0. The maximum atomic E-state index is 9.75. The van der Waals surface area contributed by atoms with Crippen LogP contribution in [0.25, 0.3) is 10.8 Å². The van der Waals surface area contributed by atoms with E-state index < -0.39 is 0 Å². The van der Waals surface area contributed by atoms with Gasteiger partial charge in [-0.25, -0.2) is 0 Å². The maximum absolute atomic E-state index is 9.75. The summed E-state index contributed by atoms with van der Waals surface area (Å²) < 4.78 is 12.7. The van der Waals surface area contributed by atoms with E-state index in [1.54, 1.807) is 5.56 Å². The van der Waals surface area contributed by atoms with E-state index in [9.17, 15) is 10.2 Å². The first kappa shape index (κ1) is 24.1. The minimum atomic E-state index is 0.0255. The molecule has 2 aromatic carbocycles. The van der Waals surface area contributed by atoms with Crippen molar-refractivity contribution in [2.45, 2.75) is 87.9 Å². The van der Waals surface area contributed by atoms with Crippen LogP contribution < -0.4 is 9.47 Å². The number of hydrogen-bond donors (Lipinski definition) is 2. The zero-order valence-electron chi connectivity index (χ0n) is 22.8. The Morgan fingerprint density at radius 2 is 1.03 bits per heavy atom. The Balaban J connectivity index is 1.38. The van der Waals surface area contributed by atoms with Gasteiger partial charge >= 0.3 is 0 Å². The summed E-state index contributed by atoms with van der Waals surface area (Å²) in [5.41, 5.74) is 3.48. The normalized spacial score (nSPS) is 40.3. The van der Waals surface area contributed by atoms with Crippen molar-refractivity contribution in [1.29, 1.82) is 0 Å². The molecule has 0 amide bonds. The van der Waals surface area contributed by atoms with Crippen molar-refractivity contribution in [3.8, 4) is 11.5 Å². The summed E-state index contributed by atoms with van der Waals surface area (Å²) in [5.74, 6) is 7.12. The Labute approximate surface area is 227 Å². The van der Waals surface area contributed by atoms with Gasteiger partial charge in [-0.1, -0.05) is 6.07 Å². The van der Waals surface area contributed by atoms with Gasteiger partial charge in [-0.15, -0.1) is 0 Å². The molecule has 0 unspecified atom stereocenters. The van der Waals surface area contributed by atoms with E-state index in [4.69, 9.17) is 9.47 Å². The second kappa shape index (κ2) is 8.86. The van der Waals surface area contributed by atoms with Crippen molar-refractivity contribution in [2.75, 3.05) is 26.4 Å². The van der Waals surface area contributed by atoms with Gasteiger partial charge in [-0.3, -0.25) is 0 Å². The summed E-state index contributed by atoms with van der Waals surface area (Å²) >= 11 is 0. The molecule has 4 heteroatoms. The lowest BCUT2D eigenvalue weighted by Crippen LogP contribution is -2.50. The number of aliphatic hydroxyl groups excluding tert-OH is 2. The Kier molecular flexibility index (Phi) is 5.61. The zero-order valence-corrected chi connectivity index (χ0v) is 22.8. The molecule has 0 aliphatic heterocycles. The molecule has 8 fully saturated rings. The lowest BCUT2D eigenvalue weighted by molar-refractivity contribution is -0.00760. The maximum Gasteiger partial charge on any atom is 0.127 e. The molecule has 8 aliphatic rings. The fraction of sp³-hybridized carbons (Fsp3) is 0.706. The zero-order chi connectivity index (χ0) is 25.5. The predicted octanol–water partition coefficient (Wildman–Crippen LogP) is 6.52. The molecule has 8 aliphatic carbocycles. The molecular formula is C34H44O4. The molecule has 0 atom stereocenters. The Morgan fingerprint density at radius 3 is 1.53 bits per heavy atom. The van der Waals surface area contributed by atoms with Crippen molar-refractivity contribution in [1.82, 2.24) is 0 Å². The quantitative estimate of drug-likeness (QED) is 0.420. The summed E-state index contributed by atoms with van der Waals surface area (Å²) in [5, 5.41) is 22.0. The highest BCUT2D eigenvalue weighted by molar-refractivity contribution is 5.97. The van der Waals surface area contributed by atoms with Crippen LogP contribution in [-0.4, -0.2) is 36.6 Å². The summed E-state index contributed by atoms with van der Waals surface area (Å²) in [6.45, 7) is 0.733. The monoisotopic (exact) mass is 516 g/mol. The molecule has 38 heavy (non-hydrogen) atoms. The van der Waals surface area contributed by atoms with Crippen molar-refractivity contribution in [3.05, 3.63) is 35.4 Å². The van der Waals surface area contributed by atoms with Gasteiger partial charge in [0.25, 0.3) is 0 Å². The minimum Gasteiger partial charge on any atom is -0.491 e. The number of aliphatic hydroxyl groups is 2. The molecule has 2 aromatic rings. The van der Waals surface area contributed by atoms with E-state index >= 15 is 0 Å². The van der Waals surface area contributed by atoms with Gasteiger partial charge in [-0.2, -0.15) is 0 Å². The van der Waals surface area contributed by atoms with Crippen LogP contribution in [0.3, 0.4) is 0 Å². The van der Waals surface area contributed by atoms with Crippen LogP contribution >= 0.6 is 0 Å². The number of hydrogen-bond acceptors (Lipinski definition) is 4. The molecule has 10 rings (SSSR count). The molecule has 4 nitrogen and oxygen atoms in total. The van der Waals surface area contributed by atoms with Crippen molar-refractivity contribution in [3.63, 3.8) is 0 Å². The molecule has 0 saturated heterocycles. The summed E-state index contributed by atoms with van der Waals surface area (Å²) in [7, 11) is 0. The highest BCUT2D eigenvalue weighted by Crippen LogP contribution is 2.66. The second-order valence-electron chi connectivity index (χ2n) is 14.5. The first-order chi connectivity index (χ1) is 18.6. The van der Waals surface area contributed by atoms with Gasteiger partial charge < -0.3 is 19.7 Å². The molecule has 0 radical (unpaired) electrons. The third kappa shape index (κ3) is 3.61. The van der Waals surface area contributed by atoms with Crippen LogP contribution in [0.5, 0.6) is 11.5 Å². The number of ether oxygens (including phenoxy) is 2. The van der Waals surface area contributed by atoms with Gasteiger partial charge in [0.2, 0.25) is 0 Å². The van der Waals surface area contributed by atoms with Crippen LogP contribution in [0.2, 0.25) is 0 Å². The third-order valence-electron chi connectivity index (χ3n) is 12.0. The van der Waals surface area contributed by atoms with Crippen LogP contribution in [-0.2, 0) is 10.8 Å². The van der Waals surface area contributed by atoms with Crippen LogP contribution in [0, 0.1) is 35.5 Å². The second-order valence-corrected chi connectivity index (χ2v) is 14.5. The smallest absolute Gasteiger partial charge is 0.127 e. The molecule has 0 spiro atoms. The van der Waals surface area contributed by atoms with E-state index in [1.807, 2.05) is 0 Å². The molecule has 204 valence electrons. The van der Waals surface area contributed by atoms with Gasteiger partial charge in [-0.05, 0) is 147 Å².